The highest BCUT2D eigenvalue weighted by atomic mass is 32.2. The third-order valence-electron chi connectivity index (χ3n) is 4.54. The molecule has 0 aromatic carbocycles. The smallest absolute Gasteiger partial charge is 0.475 e. The summed E-state index contributed by atoms with van der Waals surface area (Å²) in [6.45, 7) is 1.99. The number of nitrogens with one attached hydrogen (secondary N) is 1. The second-order valence-corrected chi connectivity index (χ2v) is 8.79. The van der Waals surface area contributed by atoms with Crippen LogP contribution in [-0.2, 0) is 19.6 Å². The largest absolute Gasteiger partial charge is 0.490 e. The molecule has 2 aliphatic rings. The van der Waals surface area contributed by atoms with Gasteiger partial charge in [-0.2, -0.15) is 13.2 Å². The summed E-state index contributed by atoms with van der Waals surface area (Å²) in [5.41, 5.74) is -0.193. The van der Waals surface area contributed by atoms with Gasteiger partial charge in [0.25, 0.3) is 0 Å². The number of rotatable bonds is 4. The summed E-state index contributed by atoms with van der Waals surface area (Å²) in [5.74, 6) is -2.02. The van der Waals surface area contributed by atoms with Crippen LogP contribution in [0.1, 0.15) is 25.7 Å². The summed E-state index contributed by atoms with van der Waals surface area (Å²) in [5, 5.41) is 7.12. The van der Waals surface area contributed by atoms with Crippen LogP contribution in [0, 0.1) is 0 Å². The van der Waals surface area contributed by atoms with Crippen LogP contribution < -0.4 is 9.62 Å². The van der Waals surface area contributed by atoms with Crippen molar-refractivity contribution < 1.29 is 36.2 Å². The zero-order chi connectivity index (χ0) is 21.7. The lowest BCUT2D eigenvalue weighted by atomic mass is 9.90. The molecule has 1 aromatic heterocycles. The van der Waals surface area contributed by atoms with E-state index in [4.69, 9.17) is 14.6 Å². The molecular formula is C16H23F3N4O5S. The molecule has 0 radical (unpaired) electrons. The number of hydrogen-bond acceptors (Lipinski definition) is 7. The van der Waals surface area contributed by atoms with Gasteiger partial charge < -0.3 is 14.7 Å². The van der Waals surface area contributed by atoms with Crippen LogP contribution in [0.5, 0.6) is 0 Å². The van der Waals surface area contributed by atoms with E-state index in [0.29, 0.717) is 6.54 Å². The van der Waals surface area contributed by atoms with E-state index in [0.717, 1.165) is 44.7 Å². The molecular weight excluding hydrogens is 417 g/mol. The Labute approximate surface area is 166 Å². The third-order valence-corrected chi connectivity index (χ3v) is 5.23. The lowest BCUT2D eigenvalue weighted by Crippen LogP contribution is -2.46. The highest BCUT2D eigenvalue weighted by molar-refractivity contribution is 7.88. The van der Waals surface area contributed by atoms with Crippen LogP contribution in [-0.4, -0.2) is 73.2 Å². The number of carboxylic acid groups (broad SMARTS) is 1. The standard InChI is InChI=1S/C14H22N4O3S.C2HF3O2/c1-22(19,20)17-10-12-4-2-5-14(21-12)6-9-18(11-14)13-15-7-3-8-16-13;3-2(4,5)1(6)7/h3,7-8,12,17H,2,4-6,9-11H2,1H3;(H,6,7)/t12-,14-;/m1./s1. The van der Waals surface area contributed by atoms with Crippen molar-refractivity contribution in [2.24, 2.45) is 0 Å². The Kier molecular flexibility index (Phi) is 7.40. The summed E-state index contributed by atoms with van der Waals surface area (Å²) in [6, 6.07) is 1.80. The van der Waals surface area contributed by atoms with Gasteiger partial charge in [0.2, 0.25) is 16.0 Å². The quantitative estimate of drug-likeness (QED) is 0.716. The fourth-order valence-electron chi connectivity index (χ4n) is 3.28. The Hall–Kier alpha value is -1.99. The SMILES string of the molecule is CS(=O)(=O)NC[C@H]1CCC[C@]2(CCN(c3ncccn3)C2)O1.O=C(O)C(F)(F)F. The first-order chi connectivity index (χ1) is 13.4. The second kappa shape index (κ2) is 9.22. The monoisotopic (exact) mass is 440 g/mol. The van der Waals surface area contributed by atoms with E-state index in [9.17, 15) is 21.6 Å². The molecule has 13 heteroatoms. The summed E-state index contributed by atoms with van der Waals surface area (Å²) in [7, 11) is -3.17. The van der Waals surface area contributed by atoms with Crippen molar-refractivity contribution >= 4 is 21.9 Å². The zero-order valence-electron chi connectivity index (χ0n) is 15.7. The number of carbonyl (C=O) groups is 1. The first-order valence-electron chi connectivity index (χ1n) is 8.85. The van der Waals surface area contributed by atoms with Gasteiger partial charge in [0.15, 0.2) is 0 Å². The van der Waals surface area contributed by atoms with E-state index in [1.807, 2.05) is 0 Å². The van der Waals surface area contributed by atoms with E-state index in [-0.39, 0.29) is 11.7 Å². The molecule has 2 saturated heterocycles. The summed E-state index contributed by atoms with van der Waals surface area (Å²) >= 11 is 0. The van der Waals surface area contributed by atoms with Crippen molar-refractivity contribution in [1.29, 1.82) is 0 Å². The van der Waals surface area contributed by atoms with Crippen LogP contribution in [0.2, 0.25) is 0 Å². The average molecular weight is 440 g/mol. The molecule has 2 aliphatic heterocycles. The number of alkyl halides is 3. The van der Waals surface area contributed by atoms with Crippen molar-refractivity contribution in [1.82, 2.24) is 14.7 Å². The van der Waals surface area contributed by atoms with Gasteiger partial charge in [0.05, 0.1) is 18.0 Å². The number of anilines is 1. The maximum Gasteiger partial charge on any atom is 0.490 e. The van der Waals surface area contributed by atoms with Crippen LogP contribution in [0.4, 0.5) is 19.1 Å². The first-order valence-corrected chi connectivity index (χ1v) is 10.7. The van der Waals surface area contributed by atoms with Crippen molar-refractivity contribution in [3.63, 3.8) is 0 Å². The van der Waals surface area contributed by atoms with Crippen LogP contribution >= 0.6 is 0 Å². The molecule has 0 aliphatic carbocycles. The van der Waals surface area contributed by atoms with Crippen molar-refractivity contribution in [2.45, 2.75) is 43.6 Å². The van der Waals surface area contributed by atoms with Gasteiger partial charge in [-0.15, -0.1) is 0 Å². The second-order valence-electron chi connectivity index (χ2n) is 6.96. The van der Waals surface area contributed by atoms with Gasteiger partial charge in [-0.3, -0.25) is 0 Å². The molecule has 1 spiro atoms. The van der Waals surface area contributed by atoms with E-state index in [1.54, 1.807) is 18.5 Å². The number of aromatic nitrogens is 2. The van der Waals surface area contributed by atoms with Crippen LogP contribution in [0.15, 0.2) is 18.5 Å². The van der Waals surface area contributed by atoms with Gasteiger partial charge in [0.1, 0.15) is 0 Å². The Morgan fingerprint density at radius 2 is 2.00 bits per heavy atom. The van der Waals surface area contributed by atoms with Gasteiger partial charge >= 0.3 is 12.1 Å². The number of ether oxygens (including phenoxy) is 1. The molecule has 29 heavy (non-hydrogen) atoms. The average Bonchev–Trinajstić information content (AvgIpc) is 3.03. The molecule has 2 fully saturated rings. The lowest BCUT2D eigenvalue weighted by molar-refractivity contribution is -0.192. The lowest BCUT2D eigenvalue weighted by Gasteiger charge is -2.38. The first kappa shape index (κ1) is 23.3. The summed E-state index contributed by atoms with van der Waals surface area (Å²) in [6.07, 6.45) is 3.41. The molecule has 2 atom stereocenters. The van der Waals surface area contributed by atoms with E-state index in [2.05, 4.69) is 19.6 Å². The fourth-order valence-corrected chi connectivity index (χ4v) is 3.77. The molecule has 0 bridgehead atoms. The minimum Gasteiger partial charge on any atom is -0.475 e. The van der Waals surface area contributed by atoms with Gasteiger partial charge in [-0.1, -0.05) is 0 Å². The minimum absolute atomic E-state index is 0.0554. The number of carboxylic acids is 1. The van der Waals surface area contributed by atoms with Gasteiger partial charge in [-0.25, -0.2) is 27.9 Å². The van der Waals surface area contributed by atoms with Crippen LogP contribution in [0.3, 0.4) is 0 Å². The number of nitrogens with zero attached hydrogens (tertiary/aromatic N) is 3. The highest BCUT2D eigenvalue weighted by Crippen LogP contribution is 2.37. The Bertz CT molecular complexity index is 793. The molecule has 0 amide bonds. The topological polar surface area (TPSA) is 122 Å². The zero-order valence-corrected chi connectivity index (χ0v) is 16.5. The molecule has 0 saturated carbocycles. The highest BCUT2D eigenvalue weighted by Gasteiger charge is 2.43. The van der Waals surface area contributed by atoms with Crippen molar-refractivity contribution in [3.05, 3.63) is 18.5 Å². The Morgan fingerprint density at radius 3 is 2.55 bits per heavy atom. The van der Waals surface area contributed by atoms with Crippen molar-refractivity contribution in [3.8, 4) is 0 Å². The van der Waals surface area contributed by atoms with Gasteiger partial charge in [0, 0.05) is 32.0 Å². The number of sulfonamides is 1. The van der Waals surface area contributed by atoms with E-state index in [1.165, 1.54) is 6.26 Å². The van der Waals surface area contributed by atoms with E-state index >= 15 is 0 Å². The third kappa shape index (κ3) is 7.40. The fraction of sp³-hybridized carbons (Fsp3) is 0.688. The molecule has 2 N–H and O–H groups in total. The number of hydrogen-bond donors (Lipinski definition) is 2. The summed E-state index contributed by atoms with van der Waals surface area (Å²) in [4.78, 5) is 19.6. The summed E-state index contributed by atoms with van der Waals surface area (Å²) < 4.78 is 63.0. The Balaban J connectivity index is 0.000000370. The van der Waals surface area contributed by atoms with Crippen molar-refractivity contribution in [2.75, 3.05) is 30.8 Å². The number of halogens is 3. The number of aliphatic carboxylic acids is 1. The minimum atomic E-state index is -5.08. The molecule has 3 rings (SSSR count). The maximum absolute atomic E-state index is 11.2. The maximum atomic E-state index is 11.2. The molecule has 0 unspecified atom stereocenters. The predicted molar refractivity (Wildman–Crippen MR) is 96.9 cm³/mol. The normalized spacial score (nSPS) is 24.8. The predicted octanol–water partition coefficient (Wildman–Crippen LogP) is 1.18. The van der Waals surface area contributed by atoms with Crippen LogP contribution in [0.25, 0.3) is 0 Å². The van der Waals surface area contributed by atoms with E-state index < -0.39 is 22.2 Å². The molecule has 1 aromatic rings. The van der Waals surface area contributed by atoms with Gasteiger partial charge in [-0.05, 0) is 31.7 Å². The molecule has 164 valence electrons. The molecule has 9 nitrogen and oxygen atoms in total. The Morgan fingerprint density at radius 1 is 1.38 bits per heavy atom. The molecule has 3 heterocycles.